The Labute approximate surface area is 91.2 Å². The number of nitrogens with zero attached hydrogens (tertiary/aromatic N) is 1. The predicted octanol–water partition coefficient (Wildman–Crippen LogP) is 2.79. The van der Waals surface area contributed by atoms with Crippen LogP contribution in [0.1, 0.15) is 19.4 Å². The quantitative estimate of drug-likeness (QED) is 0.692. The van der Waals surface area contributed by atoms with E-state index >= 15 is 0 Å². The third-order valence-electron chi connectivity index (χ3n) is 2.40. The van der Waals surface area contributed by atoms with Crippen molar-refractivity contribution in [1.82, 2.24) is 0 Å². The van der Waals surface area contributed by atoms with Crippen molar-refractivity contribution >= 4 is 11.6 Å². The molecule has 1 rings (SSSR count). The van der Waals surface area contributed by atoms with Crippen LogP contribution in [0, 0.1) is 0 Å². The summed E-state index contributed by atoms with van der Waals surface area (Å²) in [6, 6.07) is 7.99. The maximum Gasteiger partial charge on any atom is 0.253 e. The van der Waals surface area contributed by atoms with Gasteiger partial charge >= 0.3 is 0 Å². The first-order valence-corrected chi connectivity index (χ1v) is 5.08. The van der Waals surface area contributed by atoms with Crippen LogP contribution in [0.25, 0.3) is 0 Å². The minimum Gasteiger partial charge on any atom is -0.312 e. The molecule has 0 aliphatic carbocycles. The normalized spacial score (nSPS) is 9.80. The molecule has 80 valence electrons. The second-order valence-corrected chi connectivity index (χ2v) is 3.66. The second kappa shape index (κ2) is 4.78. The molecule has 2 nitrogen and oxygen atoms in total. The van der Waals surface area contributed by atoms with E-state index in [2.05, 4.69) is 13.5 Å². The van der Waals surface area contributed by atoms with E-state index in [4.69, 9.17) is 0 Å². The fourth-order valence-corrected chi connectivity index (χ4v) is 1.36. The van der Waals surface area contributed by atoms with Crippen LogP contribution in [0.4, 0.5) is 5.69 Å². The third-order valence-corrected chi connectivity index (χ3v) is 2.40. The highest BCUT2D eigenvalue weighted by atomic mass is 16.2. The Morgan fingerprint density at radius 3 is 2.27 bits per heavy atom. The van der Waals surface area contributed by atoms with Gasteiger partial charge in [0, 0.05) is 18.3 Å². The minimum atomic E-state index is -0.0424. The fourth-order valence-electron chi connectivity index (χ4n) is 1.36. The van der Waals surface area contributed by atoms with Crippen molar-refractivity contribution in [3.05, 3.63) is 42.0 Å². The van der Waals surface area contributed by atoms with E-state index in [1.54, 1.807) is 18.9 Å². The maximum absolute atomic E-state index is 11.6. The number of amides is 1. The van der Waals surface area contributed by atoms with Gasteiger partial charge in [0.05, 0.1) is 0 Å². The summed E-state index contributed by atoms with van der Waals surface area (Å²) in [5.74, 6) is -0.0424. The first-order chi connectivity index (χ1) is 7.06. The topological polar surface area (TPSA) is 20.3 Å². The number of likely N-dealkylation sites (N-methyl/N-ethyl adjacent to an activating group) is 1. The van der Waals surface area contributed by atoms with Crippen LogP contribution in [-0.2, 0) is 11.2 Å². The Kier molecular flexibility index (Phi) is 3.67. The molecule has 0 aliphatic heterocycles. The zero-order chi connectivity index (χ0) is 11.4. The van der Waals surface area contributed by atoms with Crippen LogP contribution >= 0.6 is 0 Å². The first kappa shape index (κ1) is 11.5. The van der Waals surface area contributed by atoms with Gasteiger partial charge in [-0.2, -0.15) is 0 Å². The van der Waals surface area contributed by atoms with Gasteiger partial charge in [0.15, 0.2) is 0 Å². The van der Waals surface area contributed by atoms with Crippen LogP contribution < -0.4 is 4.90 Å². The molecular weight excluding hydrogens is 186 g/mol. The number of aryl methyl sites for hydroxylation is 1. The highest BCUT2D eigenvalue weighted by Crippen LogP contribution is 2.15. The van der Waals surface area contributed by atoms with Gasteiger partial charge in [0.25, 0.3) is 5.91 Å². The van der Waals surface area contributed by atoms with Crippen molar-refractivity contribution in [2.75, 3.05) is 11.9 Å². The smallest absolute Gasteiger partial charge is 0.253 e. The van der Waals surface area contributed by atoms with Gasteiger partial charge in [-0.15, -0.1) is 0 Å². The monoisotopic (exact) mass is 203 g/mol. The number of carbonyl (C=O) groups is 1. The van der Waals surface area contributed by atoms with E-state index in [-0.39, 0.29) is 5.91 Å². The maximum atomic E-state index is 11.6. The summed E-state index contributed by atoms with van der Waals surface area (Å²) >= 11 is 0. The molecule has 15 heavy (non-hydrogen) atoms. The Balaban J connectivity index is 2.87. The molecule has 0 bridgehead atoms. The molecule has 2 heteroatoms. The minimum absolute atomic E-state index is 0.0424. The van der Waals surface area contributed by atoms with E-state index < -0.39 is 0 Å². The van der Waals surface area contributed by atoms with Crippen molar-refractivity contribution in [2.45, 2.75) is 20.3 Å². The Hall–Kier alpha value is -1.57. The number of carbonyl (C=O) groups excluding carboxylic acids is 1. The molecule has 1 aromatic rings. The van der Waals surface area contributed by atoms with Crippen molar-refractivity contribution in [3.8, 4) is 0 Å². The number of benzene rings is 1. The average Bonchev–Trinajstić information content (AvgIpc) is 2.27. The SMILES string of the molecule is C=C(C)C(=O)N(C)c1ccc(CC)cc1. The molecule has 1 amide bonds. The van der Waals surface area contributed by atoms with Crippen molar-refractivity contribution in [1.29, 1.82) is 0 Å². The summed E-state index contributed by atoms with van der Waals surface area (Å²) < 4.78 is 0. The van der Waals surface area contributed by atoms with E-state index in [1.807, 2.05) is 24.3 Å². The highest BCUT2D eigenvalue weighted by molar-refractivity contribution is 6.04. The molecule has 0 fully saturated rings. The summed E-state index contributed by atoms with van der Waals surface area (Å²) in [6.07, 6.45) is 1.01. The molecule has 0 aliphatic rings. The van der Waals surface area contributed by atoms with Crippen molar-refractivity contribution < 1.29 is 4.79 Å². The van der Waals surface area contributed by atoms with Gasteiger partial charge in [-0.1, -0.05) is 25.6 Å². The summed E-state index contributed by atoms with van der Waals surface area (Å²) in [5, 5.41) is 0. The van der Waals surface area contributed by atoms with E-state index in [9.17, 15) is 4.79 Å². The third kappa shape index (κ3) is 2.69. The van der Waals surface area contributed by atoms with Gasteiger partial charge in [-0.25, -0.2) is 0 Å². The summed E-state index contributed by atoms with van der Waals surface area (Å²) in [5.41, 5.74) is 2.73. The molecule has 0 radical (unpaired) electrons. The fraction of sp³-hybridized carbons (Fsp3) is 0.308. The molecule has 0 saturated carbocycles. The van der Waals surface area contributed by atoms with Crippen molar-refractivity contribution in [2.24, 2.45) is 0 Å². The van der Waals surface area contributed by atoms with Crippen LogP contribution in [0.5, 0.6) is 0 Å². The van der Waals surface area contributed by atoms with Crippen molar-refractivity contribution in [3.63, 3.8) is 0 Å². The molecular formula is C13H17NO. The second-order valence-electron chi connectivity index (χ2n) is 3.66. The van der Waals surface area contributed by atoms with Gasteiger partial charge in [-0.3, -0.25) is 4.79 Å². The standard InChI is InChI=1S/C13H17NO/c1-5-11-6-8-12(9-7-11)14(4)13(15)10(2)3/h6-9H,2,5H2,1,3-4H3. The van der Waals surface area contributed by atoms with Crippen LogP contribution in [0.15, 0.2) is 36.4 Å². The molecule has 0 unspecified atom stereocenters. The van der Waals surface area contributed by atoms with E-state index in [0.29, 0.717) is 5.57 Å². The van der Waals surface area contributed by atoms with E-state index in [1.165, 1.54) is 5.56 Å². The first-order valence-electron chi connectivity index (χ1n) is 5.08. The van der Waals surface area contributed by atoms with E-state index in [0.717, 1.165) is 12.1 Å². The summed E-state index contributed by atoms with van der Waals surface area (Å²) in [7, 11) is 1.76. The molecule has 1 aromatic carbocycles. The lowest BCUT2D eigenvalue weighted by atomic mass is 10.1. The Bertz CT molecular complexity index is 365. The van der Waals surface area contributed by atoms with Gasteiger partial charge < -0.3 is 4.90 Å². The zero-order valence-corrected chi connectivity index (χ0v) is 9.58. The number of hydrogen-bond acceptors (Lipinski definition) is 1. The highest BCUT2D eigenvalue weighted by Gasteiger charge is 2.10. The van der Waals surface area contributed by atoms with Crippen LogP contribution in [0.3, 0.4) is 0 Å². The van der Waals surface area contributed by atoms with Crippen LogP contribution in [0.2, 0.25) is 0 Å². The predicted molar refractivity (Wildman–Crippen MR) is 64.0 cm³/mol. The summed E-state index contributed by atoms with van der Waals surface area (Å²) in [4.78, 5) is 13.2. The molecule has 0 atom stereocenters. The molecule has 0 N–H and O–H groups in total. The largest absolute Gasteiger partial charge is 0.312 e. The summed E-state index contributed by atoms with van der Waals surface area (Å²) in [6.45, 7) is 7.47. The lowest BCUT2D eigenvalue weighted by molar-refractivity contribution is -0.114. The number of hydrogen-bond donors (Lipinski definition) is 0. The molecule has 0 aromatic heterocycles. The Morgan fingerprint density at radius 1 is 1.33 bits per heavy atom. The molecule has 0 heterocycles. The molecule has 0 spiro atoms. The van der Waals surface area contributed by atoms with Gasteiger partial charge in [0.2, 0.25) is 0 Å². The van der Waals surface area contributed by atoms with Gasteiger partial charge in [-0.05, 0) is 31.0 Å². The lowest BCUT2D eigenvalue weighted by Gasteiger charge is -2.17. The molecule has 0 saturated heterocycles. The Morgan fingerprint density at radius 2 is 1.87 bits per heavy atom. The average molecular weight is 203 g/mol. The zero-order valence-electron chi connectivity index (χ0n) is 9.58. The lowest BCUT2D eigenvalue weighted by Crippen LogP contribution is -2.26. The van der Waals surface area contributed by atoms with Crippen LogP contribution in [-0.4, -0.2) is 13.0 Å². The number of rotatable bonds is 3. The number of anilines is 1. The van der Waals surface area contributed by atoms with Gasteiger partial charge in [0.1, 0.15) is 0 Å².